The van der Waals surface area contributed by atoms with Gasteiger partial charge in [-0.3, -0.25) is 9.59 Å². The molecule has 1 aromatic rings. The maximum absolute atomic E-state index is 13.0. The van der Waals surface area contributed by atoms with Gasteiger partial charge in [0.1, 0.15) is 24.4 Å². The summed E-state index contributed by atoms with van der Waals surface area (Å²) in [4.78, 5) is 34.8. The Morgan fingerprint density at radius 3 is 2.50 bits per heavy atom. The summed E-state index contributed by atoms with van der Waals surface area (Å²) < 4.78 is 25.2. The number of carboxylic acids is 1. The number of rotatable bonds is 12. The second-order valence-corrected chi connectivity index (χ2v) is 11.3. The quantitative estimate of drug-likeness (QED) is 0.404. The number of nitrogens with one attached hydrogen (secondary N) is 1. The first-order valence-electron chi connectivity index (χ1n) is 12.2. The lowest BCUT2D eigenvalue weighted by Gasteiger charge is -2.35. The number of hydrogen-bond donors (Lipinski definition) is 2. The third-order valence-corrected chi connectivity index (χ3v) is 7.98. The van der Waals surface area contributed by atoms with Crippen LogP contribution >= 0.6 is 0 Å². The molecule has 0 saturated heterocycles. The zero-order valence-corrected chi connectivity index (χ0v) is 21.7. The number of likely N-dealkylation sites (N-methyl/N-ethyl adjacent to an activating group) is 1. The topological polar surface area (TPSA) is 133 Å². The molecule has 196 valence electrons. The molecule has 3 rings (SSSR count). The molecule has 2 aliphatic carbocycles. The smallest absolute Gasteiger partial charge is 0.318 e. The number of sulfonamides is 1. The minimum absolute atomic E-state index is 0.210. The molecule has 1 amide bonds. The molecule has 11 heteroatoms. The van der Waals surface area contributed by atoms with Crippen LogP contribution in [0.3, 0.4) is 0 Å². The summed E-state index contributed by atoms with van der Waals surface area (Å²) in [5.74, 6) is -0.289. The number of aromatic nitrogens is 2. The van der Waals surface area contributed by atoms with Crippen molar-refractivity contribution in [2.45, 2.75) is 57.9 Å². The van der Waals surface area contributed by atoms with E-state index in [0.717, 1.165) is 30.6 Å². The van der Waals surface area contributed by atoms with Crippen molar-refractivity contribution >= 4 is 27.7 Å². The number of carboxylic acid groups (broad SMARTS) is 1. The van der Waals surface area contributed by atoms with Crippen molar-refractivity contribution in [3.8, 4) is 0 Å². The average Bonchev–Trinajstić information content (AvgIpc) is 3.69. The van der Waals surface area contributed by atoms with Gasteiger partial charge in [-0.25, -0.2) is 18.4 Å². The van der Waals surface area contributed by atoms with Gasteiger partial charge < -0.3 is 15.3 Å². The second-order valence-electron chi connectivity index (χ2n) is 9.40. The monoisotopic (exact) mass is 517 g/mol. The van der Waals surface area contributed by atoms with Crippen LogP contribution in [0.15, 0.2) is 47.8 Å². The van der Waals surface area contributed by atoms with E-state index in [9.17, 15) is 18.0 Å². The van der Waals surface area contributed by atoms with Crippen LogP contribution in [-0.4, -0.2) is 65.9 Å². The first-order chi connectivity index (χ1) is 17.1. The normalized spacial score (nSPS) is 17.6. The zero-order valence-electron chi connectivity index (χ0n) is 20.9. The maximum atomic E-state index is 13.0. The fourth-order valence-electron chi connectivity index (χ4n) is 4.19. The molecule has 0 radical (unpaired) electrons. The van der Waals surface area contributed by atoms with Crippen LogP contribution < -0.4 is 10.2 Å². The molecule has 2 aliphatic rings. The number of anilines is 1. The minimum atomic E-state index is -3.94. The van der Waals surface area contributed by atoms with E-state index in [-0.39, 0.29) is 5.69 Å². The van der Waals surface area contributed by atoms with Crippen LogP contribution in [0.5, 0.6) is 0 Å². The summed E-state index contributed by atoms with van der Waals surface area (Å²) in [7, 11) is -2.76. The van der Waals surface area contributed by atoms with E-state index in [0.29, 0.717) is 27.5 Å². The molecule has 2 fully saturated rings. The van der Waals surface area contributed by atoms with Gasteiger partial charge >= 0.3 is 5.97 Å². The molecule has 1 aromatic heterocycles. The summed E-state index contributed by atoms with van der Waals surface area (Å²) in [6.45, 7) is 5.61. The molecule has 10 nitrogen and oxygen atoms in total. The van der Waals surface area contributed by atoms with Crippen molar-refractivity contribution in [2.24, 2.45) is 5.92 Å². The van der Waals surface area contributed by atoms with Crippen molar-refractivity contribution in [2.75, 3.05) is 25.0 Å². The lowest BCUT2D eigenvalue weighted by molar-refractivity contribution is -0.137. The summed E-state index contributed by atoms with van der Waals surface area (Å²) in [6, 6.07) is 2.13. The Morgan fingerprint density at radius 2 is 1.89 bits per heavy atom. The lowest BCUT2D eigenvalue weighted by atomic mass is 9.94. The van der Waals surface area contributed by atoms with Gasteiger partial charge in [-0.15, -0.1) is 0 Å². The van der Waals surface area contributed by atoms with Crippen molar-refractivity contribution in [1.82, 2.24) is 19.6 Å². The molecule has 0 bridgehead atoms. The third-order valence-electron chi connectivity index (χ3n) is 6.51. The van der Waals surface area contributed by atoms with Crippen LogP contribution in [-0.2, 0) is 14.8 Å². The van der Waals surface area contributed by atoms with Gasteiger partial charge in [-0.2, -0.15) is 4.31 Å². The lowest BCUT2D eigenvalue weighted by Crippen LogP contribution is -2.39. The molecule has 1 heterocycles. The molecule has 2 N–H and O–H groups in total. The predicted octanol–water partition coefficient (Wildman–Crippen LogP) is 3.08. The molecule has 36 heavy (non-hydrogen) atoms. The highest BCUT2D eigenvalue weighted by Crippen LogP contribution is 2.34. The summed E-state index contributed by atoms with van der Waals surface area (Å²) in [5.41, 5.74) is 0.952. The standard InChI is InChI=1S/C25H35N5O5S/c1-4-21(18(2)12-13-36(34,35)29(3)16-24(31)32)28-25(33)22-14-23(27-17-26-22)30(15-19-10-11-19)20-8-6-5-7-9-20/h4,12-14,17,19-20H,1,5-11,15-16H2,2-3H3,(H,28,33)(H,31,32). The van der Waals surface area contributed by atoms with E-state index in [1.807, 2.05) is 0 Å². The minimum Gasteiger partial charge on any atom is -0.480 e. The van der Waals surface area contributed by atoms with Crippen LogP contribution in [0.1, 0.15) is 62.4 Å². The highest BCUT2D eigenvalue weighted by molar-refractivity contribution is 7.92. The average molecular weight is 518 g/mol. The largest absolute Gasteiger partial charge is 0.480 e. The van der Waals surface area contributed by atoms with E-state index < -0.39 is 28.4 Å². The van der Waals surface area contributed by atoms with E-state index in [2.05, 4.69) is 26.8 Å². The van der Waals surface area contributed by atoms with Crippen molar-refractivity contribution in [1.29, 1.82) is 0 Å². The number of nitrogens with zero attached hydrogens (tertiary/aromatic N) is 4. The van der Waals surface area contributed by atoms with E-state index in [1.165, 1.54) is 57.6 Å². The van der Waals surface area contributed by atoms with Gasteiger partial charge in [-0.05, 0) is 56.3 Å². The van der Waals surface area contributed by atoms with Crippen molar-refractivity contribution < 1.29 is 23.1 Å². The van der Waals surface area contributed by atoms with Crippen molar-refractivity contribution in [3.05, 3.63) is 53.5 Å². The Balaban J connectivity index is 1.76. The zero-order chi connectivity index (χ0) is 26.3. The summed E-state index contributed by atoms with van der Waals surface area (Å²) in [5, 5.41) is 12.5. The Hall–Kier alpha value is -3.05. The fraction of sp³-hybridized carbons (Fsp3) is 0.520. The number of carbonyl (C=O) groups excluding carboxylic acids is 1. The Morgan fingerprint density at radius 1 is 1.19 bits per heavy atom. The highest BCUT2D eigenvalue weighted by Gasteiger charge is 2.30. The van der Waals surface area contributed by atoms with Gasteiger partial charge in [0.25, 0.3) is 5.91 Å². The van der Waals surface area contributed by atoms with Crippen LogP contribution in [0.2, 0.25) is 0 Å². The molecule has 0 spiro atoms. The molecule has 0 unspecified atom stereocenters. The van der Waals surface area contributed by atoms with Crippen molar-refractivity contribution in [3.63, 3.8) is 0 Å². The molecule has 2 saturated carbocycles. The van der Waals surface area contributed by atoms with Gasteiger partial charge in [0.2, 0.25) is 10.0 Å². The first-order valence-corrected chi connectivity index (χ1v) is 13.7. The fourth-order valence-corrected chi connectivity index (χ4v) is 5.06. The number of allylic oxidation sites excluding steroid dienone is 3. The Bertz CT molecular complexity index is 1140. The molecule has 0 aromatic carbocycles. The number of hydrogen-bond acceptors (Lipinski definition) is 7. The SMILES string of the molecule is C=CC(NC(=O)c1cc(N(CC2CC2)C2CCCCC2)ncn1)=C(C)C=CS(=O)(=O)N(C)CC(=O)O. The summed E-state index contributed by atoms with van der Waals surface area (Å²) >= 11 is 0. The molecular weight excluding hydrogens is 482 g/mol. The number of amides is 1. The Labute approximate surface area is 212 Å². The first kappa shape index (κ1) is 27.5. The summed E-state index contributed by atoms with van der Waals surface area (Å²) in [6.07, 6.45) is 12.5. The van der Waals surface area contributed by atoms with Crippen LogP contribution in [0, 0.1) is 5.92 Å². The van der Waals surface area contributed by atoms with Gasteiger partial charge in [0.15, 0.2) is 0 Å². The second kappa shape index (κ2) is 12.3. The molecular formula is C25H35N5O5S. The molecule has 0 atom stereocenters. The van der Waals surface area contributed by atoms with Crippen LogP contribution in [0.25, 0.3) is 0 Å². The van der Waals surface area contributed by atoms with Gasteiger partial charge in [-0.1, -0.05) is 25.8 Å². The third kappa shape index (κ3) is 7.72. The number of carbonyl (C=O) groups is 2. The molecule has 0 aliphatic heterocycles. The van der Waals surface area contributed by atoms with Gasteiger partial charge in [0.05, 0.1) is 0 Å². The number of aliphatic carboxylic acids is 1. The van der Waals surface area contributed by atoms with Crippen LogP contribution in [0.4, 0.5) is 5.82 Å². The van der Waals surface area contributed by atoms with E-state index in [4.69, 9.17) is 5.11 Å². The highest BCUT2D eigenvalue weighted by atomic mass is 32.2. The van der Waals surface area contributed by atoms with E-state index in [1.54, 1.807) is 13.0 Å². The maximum Gasteiger partial charge on any atom is 0.318 e. The Kier molecular flexibility index (Phi) is 9.38. The predicted molar refractivity (Wildman–Crippen MR) is 138 cm³/mol. The van der Waals surface area contributed by atoms with E-state index >= 15 is 0 Å². The van der Waals surface area contributed by atoms with Gasteiger partial charge in [0, 0.05) is 36.8 Å².